The van der Waals surface area contributed by atoms with Crippen molar-refractivity contribution in [3.63, 3.8) is 0 Å². The number of pyridine rings is 1. The van der Waals surface area contributed by atoms with E-state index in [2.05, 4.69) is 27.9 Å². The van der Waals surface area contributed by atoms with E-state index in [-0.39, 0.29) is 6.61 Å². The molecule has 0 aliphatic carbocycles. The molecule has 6 nitrogen and oxygen atoms in total. The van der Waals surface area contributed by atoms with Crippen LogP contribution in [-0.2, 0) is 0 Å². The van der Waals surface area contributed by atoms with Crippen LogP contribution in [0.25, 0.3) is 20.4 Å². The highest BCUT2D eigenvalue weighted by molar-refractivity contribution is 7.26. The van der Waals surface area contributed by atoms with Crippen LogP contribution in [0.4, 0.5) is 5.82 Å². The minimum atomic E-state index is 0.258. The second-order valence-electron chi connectivity index (χ2n) is 6.45. The Balaban J connectivity index is 1.76. The lowest BCUT2D eigenvalue weighted by Crippen LogP contribution is -3.15. The molecule has 0 radical (unpaired) electrons. The Bertz CT molecular complexity index is 885. The molecule has 3 aromatic heterocycles. The normalized spacial score (nSPS) is 16.4. The highest BCUT2D eigenvalue weighted by Gasteiger charge is 2.24. The third-order valence-corrected chi connectivity index (χ3v) is 5.84. The first-order valence-electron chi connectivity index (χ1n) is 8.38. The van der Waals surface area contributed by atoms with Crippen molar-refractivity contribution >= 4 is 37.6 Å². The zero-order valence-electron chi connectivity index (χ0n) is 14.0. The lowest BCUT2D eigenvalue weighted by atomic mass is 10.1. The number of nitrogens with one attached hydrogen (secondary N) is 1. The van der Waals surface area contributed by atoms with Crippen LogP contribution in [0.2, 0.25) is 0 Å². The molecule has 4 heterocycles. The molecule has 0 amide bonds. The summed E-state index contributed by atoms with van der Waals surface area (Å²) in [6.45, 7) is 9.24. The van der Waals surface area contributed by atoms with Crippen molar-refractivity contribution in [1.82, 2.24) is 15.0 Å². The molecular weight excluding hydrogens is 322 g/mol. The number of aryl methyl sites for hydroxylation is 2. The van der Waals surface area contributed by atoms with Gasteiger partial charge < -0.3 is 14.9 Å². The Morgan fingerprint density at radius 1 is 1.25 bits per heavy atom. The zero-order valence-corrected chi connectivity index (χ0v) is 14.9. The number of nitrogens with zero attached hydrogens (tertiary/aromatic N) is 4. The van der Waals surface area contributed by atoms with Crippen LogP contribution in [-0.4, -0.2) is 59.4 Å². The summed E-state index contributed by atoms with van der Waals surface area (Å²) < 4.78 is 1.14. The number of quaternary nitrogens is 1. The molecule has 3 aromatic rings. The molecule has 126 valence electrons. The highest BCUT2D eigenvalue weighted by atomic mass is 32.1. The van der Waals surface area contributed by atoms with Gasteiger partial charge in [0.05, 0.1) is 43.0 Å². The van der Waals surface area contributed by atoms with Gasteiger partial charge in [0.15, 0.2) is 5.82 Å². The van der Waals surface area contributed by atoms with Crippen molar-refractivity contribution in [2.75, 3.05) is 44.2 Å². The van der Waals surface area contributed by atoms with E-state index in [1.807, 2.05) is 6.92 Å². The lowest BCUT2D eigenvalue weighted by Gasteiger charge is -2.32. The second-order valence-corrected chi connectivity index (χ2v) is 7.45. The lowest BCUT2D eigenvalue weighted by molar-refractivity contribution is -0.900. The van der Waals surface area contributed by atoms with Crippen molar-refractivity contribution < 1.29 is 10.0 Å². The fourth-order valence-corrected chi connectivity index (χ4v) is 4.83. The van der Waals surface area contributed by atoms with E-state index >= 15 is 0 Å². The fraction of sp³-hybridized carbons (Fsp3) is 0.471. The molecule has 1 fully saturated rings. The van der Waals surface area contributed by atoms with Gasteiger partial charge in [0.2, 0.25) is 0 Å². The Morgan fingerprint density at radius 2 is 2.04 bits per heavy atom. The summed E-state index contributed by atoms with van der Waals surface area (Å²) in [5, 5.41) is 10.3. The van der Waals surface area contributed by atoms with Crippen molar-refractivity contribution in [3.05, 3.63) is 23.7 Å². The molecule has 0 atom stereocenters. The molecule has 0 aromatic carbocycles. The van der Waals surface area contributed by atoms with Gasteiger partial charge >= 0.3 is 0 Å². The Morgan fingerprint density at radius 3 is 2.79 bits per heavy atom. The molecule has 7 heteroatoms. The molecule has 24 heavy (non-hydrogen) atoms. The van der Waals surface area contributed by atoms with Crippen molar-refractivity contribution in [3.8, 4) is 0 Å². The maximum Gasteiger partial charge on any atom is 0.150 e. The summed E-state index contributed by atoms with van der Waals surface area (Å²) in [5.41, 5.74) is 3.29. The molecule has 0 unspecified atom stereocenters. The van der Waals surface area contributed by atoms with Crippen molar-refractivity contribution in [2.24, 2.45) is 0 Å². The smallest absolute Gasteiger partial charge is 0.150 e. The van der Waals surface area contributed by atoms with Gasteiger partial charge in [-0.15, -0.1) is 11.3 Å². The van der Waals surface area contributed by atoms with Gasteiger partial charge in [0.1, 0.15) is 17.7 Å². The van der Waals surface area contributed by atoms with Crippen LogP contribution in [0.3, 0.4) is 0 Å². The number of hydrogen-bond donors (Lipinski definition) is 2. The minimum Gasteiger partial charge on any atom is -0.391 e. The van der Waals surface area contributed by atoms with Crippen molar-refractivity contribution in [2.45, 2.75) is 13.8 Å². The number of hydrogen-bond acceptors (Lipinski definition) is 6. The monoisotopic (exact) mass is 344 g/mol. The number of aromatic nitrogens is 3. The molecule has 1 aliphatic heterocycles. The van der Waals surface area contributed by atoms with E-state index in [0.29, 0.717) is 0 Å². The van der Waals surface area contributed by atoms with Crippen LogP contribution < -0.4 is 9.80 Å². The van der Waals surface area contributed by atoms with E-state index in [0.717, 1.165) is 64.7 Å². The Kier molecular flexibility index (Phi) is 4.07. The molecule has 0 saturated carbocycles. The van der Waals surface area contributed by atoms with Gasteiger partial charge in [-0.3, -0.25) is 0 Å². The minimum absolute atomic E-state index is 0.258. The number of fused-ring (bicyclic) bond motifs is 3. The first kappa shape index (κ1) is 15.7. The Labute approximate surface area is 144 Å². The third kappa shape index (κ3) is 2.62. The first-order chi connectivity index (χ1) is 11.7. The zero-order chi connectivity index (χ0) is 16.7. The number of thiophene rings is 1. The van der Waals surface area contributed by atoms with E-state index in [1.165, 1.54) is 10.5 Å². The number of anilines is 1. The third-order valence-electron chi connectivity index (χ3n) is 4.77. The van der Waals surface area contributed by atoms with E-state index < -0.39 is 0 Å². The fourth-order valence-electron chi connectivity index (χ4n) is 3.57. The summed E-state index contributed by atoms with van der Waals surface area (Å²) in [6, 6.07) is 2.12. The predicted octanol–water partition coefficient (Wildman–Crippen LogP) is 0.554. The SMILES string of the molecule is Cc1cc(C)c2c(n1)sc1c(N3CC[NH+](CCO)CC3)ncnc12. The Hall–Kier alpha value is -1.83. The van der Waals surface area contributed by atoms with Crippen molar-refractivity contribution in [1.29, 1.82) is 0 Å². The van der Waals surface area contributed by atoms with Gasteiger partial charge in [0, 0.05) is 11.1 Å². The van der Waals surface area contributed by atoms with Gasteiger partial charge in [-0.2, -0.15) is 0 Å². The summed E-state index contributed by atoms with van der Waals surface area (Å²) >= 11 is 1.70. The molecule has 2 N–H and O–H groups in total. The summed E-state index contributed by atoms with van der Waals surface area (Å²) in [7, 11) is 0. The maximum atomic E-state index is 9.11. The molecule has 0 spiro atoms. The topological polar surface area (TPSA) is 66.6 Å². The largest absolute Gasteiger partial charge is 0.391 e. The summed E-state index contributed by atoms with van der Waals surface area (Å²) in [4.78, 5) is 18.7. The summed E-state index contributed by atoms with van der Waals surface area (Å²) in [5.74, 6) is 1.03. The molecular formula is C17H22N5OS+. The number of piperazine rings is 1. The van der Waals surface area contributed by atoms with Gasteiger partial charge in [-0.1, -0.05) is 0 Å². The average Bonchev–Trinajstić information content (AvgIpc) is 2.94. The highest BCUT2D eigenvalue weighted by Crippen LogP contribution is 2.37. The van der Waals surface area contributed by atoms with Crippen LogP contribution >= 0.6 is 11.3 Å². The molecule has 1 aliphatic rings. The molecule has 0 bridgehead atoms. The summed E-state index contributed by atoms with van der Waals surface area (Å²) in [6.07, 6.45) is 1.68. The van der Waals surface area contributed by atoms with Gasteiger partial charge in [-0.25, -0.2) is 15.0 Å². The molecule has 1 saturated heterocycles. The van der Waals surface area contributed by atoms with Crippen LogP contribution in [0.15, 0.2) is 12.4 Å². The van der Waals surface area contributed by atoms with E-state index in [1.54, 1.807) is 17.7 Å². The second kappa shape index (κ2) is 6.23. The van der Waals surface area contributed by atoms with E-state index in [4.69, 9.17) is 10.1 Å². The van der Waals surface area contributed by atoms with Gasteiger partial charge in [0.25, 0.3) is 0 Å². The standard InChI is InChI=1S/C17H21N5OS/c1-11-9-12(2)20-17-13(11)14-15(24-17)16(19-10-18-14)22-5-3-21(4-6-22)7-8-23/h9-10,23H,3-8H2,1-2H3/p+1. The average molecular weight is 344 g/mol. The van der Waals surface area contributed by atoms with Crippen LogP contribution in [0, 0.1) is 13.8 Å². The van der Waals surface area contributed by atoms with E-state index in [9.17, 15) is 0 Å². The molecule has 4 rings (SSSR count). The predicted molar refractivity (Wildman–Crippen MR) is 97.1 cm³/mol. The number of aliphatic hydroxyl groups is 1. The van der Waals surface area contributed by atoms with Gasteiger partial charge in [-0.05, 0) is 25.5 Å². The van der Waals surface area contributed by atoms with Crippen LogP contribution in [0.5, 0.6) is 0 Å². The first-order valence-corrected chi connectivity index (χ1v) is 9.20. The number of rotatable bonds is 3. The number of aliphatic hydroxyl groups excluding tert-OH is 1. The maximum absolute atomic E-state index is 9.11. The van der Waals surface area contributed by atoms with Crippen LogP contribution in [0.1, 0.15) is 11.3 Å². The quantitative estimate of drug-likeness (QED) is 0.727.